The van der Waals surface area contributed by atoms with Crippen molar-refractivity contribution in [1.29, 1.82) is 0 Å². The molecule has 0 atom stereocenters. The number of amides is 2. The van der Waals surface area contributed by atoms with Crippen LogP contribution in [0.4, 0.5) is 24.5 Å². The van der Waals surface area contributed by atoms with E-state index in [1.165, 1.54) is 15.7 Å². The van der Waals surface area contributed by atoms with Gasteiger partial charge in [0.1, 0.15) is 12.2 Å². The van der Waals surface area contributed by atoms with Crippen molar-refractivity contribution in [1.82, 2.24) is 33.6 Å². The summed E-state index contributed by atoms with van der Waals surface area (Å²) < 4.78 is 49.0. The van der Waals surface area contributed by atoms with Crippen molar-refractivity contribution in [2.75, 3.05) is 49.6 Å². The molecule has 1 aromatic carbocycles. The second-order valence-electron chi connectivity index (χ2n) is 11.9. The highest BCUT2D eigenvalue weighted by molar-refractivity contribution is 6.33. The number of piperazine rings is 1. The number of hydrogen-bond donors (Lipinski definition) is 1. The summed E-state index contributed by atoms with van der Waals surface area (Å²) in [7, 11) is 1.55. The molecular weight excluding hydrogens is 683 g/mol. The molecule has 1 saturated heterocycles. The van der Waals surface area contributed by atoms with Crippen LogP contribution in [0, 0.1) is 6.92 Å². The van der Waals surface area contributed by atoms with Gasteiger partial charge in [-0.2, -0.15) is 22.7 Å². The zero-order chi connectivity index (χ0) is 35.9. The molecule has 0 spiro atoms. The standard InChI is InChI=1S/C32H33ClF3N9O5/c1-4-23-26(42-9-11-43(12-10-42)29(48)25-28(47)41(3)16-18(2)37-25)30(49)45-31(39-27(40-45)19-7-13-50-14-8-19)44(23)17-24(46)38-22-6-5-20(15-21(22)33)32(34,35)36/h5-7,15-16H,4,8-14,17H2,1-3H3,(H,38,46). The normalized spacial score (nSPS) is 15.4. The van der Waals surface area contributed by atoms with Gasteiger partial charge in [-0.3, -0.25) is 19.2 Å². The van der Waals surface area contributed by atoms with Gasteiger partial charge in [-0.1, -0.05) is 24.6 Å². The highest BCUT2D eigenvalue weighted by atomic mass is 35.5. The Labute approximate surface area is 287 Å². The zero-order valence-corrected chi connectivity index (χ0v) is 28.1. The van der Waals surface area contributed by atoms with Gasteiger partial charge >= 0.3 is 6.18 Å². The van der Waals surface area contributed by atoms with Crippen molar-refractivity contribution in [2.24, 2.45) is 7.05 Å². The van der Waals surface area contributed by atoms with E-state index in [0.29, 0.717) is 36.8 Å². The van der Waals surface area contributed by atoms with Gasteiger partial charge in [-0.25, -0.2) is 4.98 Å². The quantitative estimate of drug-likeness (QED) is 0.305. The summed E-state index contributed by atoms with van der Waals surface area (Å²) in [4.78, 5) is 65.8. The van der Waals surface area contributed by atoms with E-state index in [1.807, 2.05) is 17.9 Å². The summed E-state index contributed by atoms with van der Waals surface area (Å²) in [6, 6.07) is 2.62. The van der Waals surface area contributed by atoms with Crippen LogP contribution in [0.15, 0.2) is 40.1 Å². The molecule has 1 fully saturated rings. The molecule has 3 aromatic heterocycles. The van der Waals surface area contributed by atoms with E-state index >= 15 is 0 Å². The van der Waals surface area contributed by atoms with Crippen LogP contribution in [0.3, 0.4) is 0 Å². The highest BCUT2D eigenvalue weighted by Gasteiger charge is 2.32. The first-order chi connectivity index (χ1) is 23.8. The van der Waals surface area contributed by atoms with Crippen LogP contribution >= 0.6 is 11.6 Å². The maximum atomic E-state index is 14.2. The van der Waals surface area contributed by atoms with Crippen molar-refractivity contribution in [3.8, 4) is 0 Å². The number of aryl methyl sites for hydroxylation is 2. The maximum Gasteiger partial charge on any atom is 0.416 e. The first-order valence-corrected chi connectivity index (χ1v) is 16.2. The number of rotatable bonds is 7. The first-order valence-electron chi connectivity index (χ1n) is 15.8. The summed E-state index contributed by atoms with van der Waals surface area (Å²) in [5, 5.41) is 6.80. The molecule has 14 nitrogen and oxygen atoms in total. The summed E-state index contributed by atoms with van der Waals surface area (Å²) in [6.07, 6.45) is -0.451. The fourth-order valence-corrected chi connectivity index (χ4v) is 6.33. The van der Waals surface area contributed by atoms with Crippen LogP contribution in [0.1, 0.15) is 46.6 Å². The van der Waals surface area contributed by atoms with Crippen molar-refractivity contribution in [3.63, 3.8) is 0 Å². The third-order valence-electron chi connectivity index (χ3n) is 8.56. The minimum absolute atomic E-state index is 0.0201. The summed E-state index contributed by atoms with van der Waals surface area (Å²) >= 11 is 6.11. The Morgan fingerprint density at radius 2 is 1.82 bits per heavy atom. The van der Waals surface area contributed by atoms with E-state index in [9.17, 15) is 32.3 Å². The molecular formula is C32H33ClF3N9O5. The maximum absolute atomic E-state index is 14.2. The van der Waals surface area contributed by atoms with Crippen LogP contribution in [0.5, 0.6) is 0 Å². The lowest BCUT2D eigenvalue weighted by molar-refractivity contribution is -0.137. The summed E-state index contributed by atoms with van der Waals surface area (Å²) in [5.41, 5.74) is -0.137. The predicted octanol–water partition coefficient (Wildman–Crippen LogP) is 2.93. The Balaban J connectivity index is 1.35. The number of fused-ring (bicyclic) bond motifs is 1. The van der Waals surface area contributed by atoms with E-state index in [4.69, 9.17) is 16.3 Å². The predicted molar refractivity (Wildman–Crippen MR) is 177 cm³/mol. The smallest absolute Gasteiger partial charge is 0.377 e. The molecule has 50 heavy (non-hydrogen) atoms. The van der Waals surface area contributed by atoms with Crippen LogP contribution < -0.4 is 21.3 Å². The van der Waals surface area contributed by atoms with Gasteiger partial charge < -0.3 is 29.0 Å². The van der Waals surface area contributed by atoms with E-state index in [-0.39, 0.29) is 67.0 Å². The average molecular weight is 716 g/mol. The molecule has 264 valence electrons. The number of hydrogen-bond acceptors (Lipinski definition) is 9. The first kappa shape index (κ1) is 34.8. The number of halogens is 4. The number of alkyl halides is 3. The van der Waals surface area contributed by atoms with Gasteiger partial charge in [0.15, 0.2) is 11.5 Å². The van der Waals surface area contributed by atoms with E-state index in [1.54, 1.807) is 18.5 Å². The molecule has 6 rings (SSSR count). The number of aromatic nitrogens is 6. The van der Waals surface area contributed by atoms with Crippen LogP contribution in [0.2, 0.25) is 5.02 Å². The van der Waals surface area contributed by atoms with Crippen LogP contribution in [0.25, 0.3) is 11.4 Å². The lowest BCUT2D eigenvalue weighted by atomic mass is 10.1. The molecule has 2 aliphatic rings. The van der Waals surface area contributed by atoms with E-state index < -0.39 is 34.7 Å². The summed E-state index contributed by atoms with van der Waals surface area (Å²) in [5.74, 6) is -0.744. The van der Waals surface area contributed by atoms with Gasteiger partial charge in [0.05, 0.1) is 40.9 Å². The van der Waals surface area contributed by atoms with Gasteiger partial charge in [0, 0.05) is 39.4 Å². The van der Waals surface area contributed by atoms with E-state index in [2.05, 4.69) is 20.4 Å². The largest absolute Gasteiger partial charge is 0.416 e. The Kier molecular flexibility index (Phi) is 9.54. The minimum Gasteiger partial charge on any atom is -0.377 e. The number of nitrogens with zero attached hydrogens (tertiary/aromatic N) is 8. The molecule has 1 N–H and O–H groups in total. The van der Waals surface area contributed by atoms with Crippen LogP contribution in [-0.2, 0) is 35.7 Å². The third-order valence-corrected chi connectivity index (χ3v) is 8.87. The van der Waals surface area contributed by atoms with Crippen molar-refractivity contribution >= 4 is 46.1 Å². The monoisotopic (exact) mass is 715 g/mol. The molecule has 2 amide bonds. The molecule has 0 saturated carbocycles. The third kappa shape index (κ3) is 6.74. The zero-order valence-electron chi connectivity index (χ0n) is 27.4. The molecule has 0 aliphatic carbocycles. The van der Waals surface area contributed by atoms with Crippen LogP contribution in [-0.4, -0.2) is 84.8 Å². The number of anilines is 2. The number of ether oxygens (including phenoxy) is 1. The topological polar surface area (TPSA) is 149 Å². The van der Waals surface area contributed by atoms with Gasteiger partial charge in [-0.15, -0.1) is 5.10 Å². The molecule has 4 aromatic rings. The van der Waals surface area contributed by atoms with Gasteiger partial charge in [0.2, 0.25) is 11.7 Å². The SMILES string of the molecule is CCc1c(N2CCN(C(=O)c3nc(C)cn(C)c3=O)CC2)c(=O)n2nc(C3=CCOCC3)nc2n1CC(=O)Nc1ccc(C(F)(F)F)cc1Cl. The molecule has 2 aliphatic heterocycles. The minimum atomic E-state index is -4.61. The number of carbonyl (C=O) groups excluding carboxylic acids is 2. The number of nitrogens with one attached hydrogen (secondary N) is 1. The molecule has 5 heterocycles. The second kappa shape index (κ2) is 13.7. The molecule has 0 radical (unpaired) electrons. The molecule has 0 bridgehead atoms. The fourth-order valence-electron chi connectivity index (χ4n) is 6.10. The Bertz CT molecular complexity index is 2150. The van der Waals surface area contributed by atoms with Crippen molar-refractivity contribution in [3.05, 3.63) is 84.7 Å². The summed E-state index contributed by atoms with van der Waals surface area (Å²) in [6.45, 7) is 4.73. The lowest BCUT2D eigenvalue weighted by Gasteiger charge is -2.36. The molecule has 0 unspecified atom stereocenters. The second-order valence-corrected chi connectivity index (χ2v) is 12.3. The van der Waals surface area contributed by atoms with Gasteiger partial charge in [-0.05, 0) is 43.5 Å². The number of carbonyl (C=O) groups is 2. The fraction of sp³-hybridized carbons (Fsp3) is 0.406. The molecule has 18 heteroatoms. The number of benzene rings is 1. The Hall–Kier alpha value is -5.03. The Morgan fingerprint density at radius 3 is 2.46 bits per heavy atom. The highest BCUT2D eigenvalue weighted by Crippen LogP contribution is 2.34. The Morgan fingerprint density at radius 1 is 1.08 bits per heavy atom. The van der Waals surface area contributed by atoms with Gasteiger partial charge in [0.25, 0.3) is 17.0 Å². The lowest BCUT2D eigenvalue weighted by Crippen LogP contribution is -2.52. The van der Waals surface area contributed by atoms with Crippen molar-refractivity contribution in [2.45, 2.75) is 39.4 Å². The van der Waals surface area contributed by atoms with Crippen molar-refractivity contribution < 1.29 is 27.5 Å². The average Bonchev–Trinajstić information content (AvgIpc) is 3.54. The van der Waals surface area contributed by atoms with E-state index in [0.717, 1.165) is 28.3 Å².